The van der Waals surface area contributed by atoms with Gasteiger partial charge in [0.2, 0.25) is 0 Å². The van der Waals surface area contributed by atoms with Gasteiger partial charge in [-0.05, 0) is 41.5 Å². The zero-order chi connectivity index (χ0) is 25.9. The number of hydrogen-bond acceptors (Lipinski definition) is 9. The average molecular weight is 500 g/mol. The van der Waals surface area contributed by atoms with Gasteiger partial charge in [0.15, 0.2) is 17.1 Å². The number of methoxy groups -OCH3 is 3. The van der Waals surface area contributed by atoms with Crippen LogP contribution in [0.15, 0.2) is 59.0 Å². The molecule has 5 rings (SSSR count). The maximum absolute atomic E-state index is 12.9. The van der Waals surface area contributed by atoms with E-state index in [4.69, 9.17) is 23.4 Å². The van der Waals surface area contributed by atoms with E-state index in [-0.39, 0.29) is 6.01 Å². The van der Waals surface area contributed by atoms with E-state index in [1.165, 1.54) is 7.11 Å². The molecule has 1 atom stereocenters. The number of oxazole rings is 1. The number of nitrogens with zero attached hydrogens (tertiary/aromatic N) is 3. The quantitative estimate of drug-likeness (QED) is 0.342. The van der Waals surface area contributed by atoms with E-state index in [9.17, 15) is 10.1 Å². The Morgan fingerprint density at radius 3 is 2.62 bits per heavy atom. The fourth-order valence-corrected chi connectivity index (χ4v) is 4.46. The minimum Gasteiger partial charge on any atom is -0.497 e. The average Bonchev–Trinajstić information content (AvgIpc) is 3.38. The zero-order valence-electron chi connectivity index (χ0n) is 20.7. The van der Waals surface area contributed by atoms with E-state index >= 15 is 0 Å². The van der Waals surface area contributed by atoms with Crippen LogP contribution >= 0.6 is 0 Å². The van der Waals surface area contributed by atoms with Crippen LogP contribution < -0.4 is 19.1 Å². The highest BCUT2D eigenvalue weighted by molar-refractivity contribution is 5.82. The van der Waals surface area contributed by atoms with E-state index in [2.05, 4.69) is 11.1 Å². The van der Waals surface area contributed by atoms with Gasteiger partial charge in [0.05, 0.1) is 33.0 Å². The molecule has 37 heavy (non-hydrogen) atoms. The molecule has 0 fully saturated rings. The van der Waals surface area contributed by atoms with E-state index in [1.807, 2.05) is 36.4 Å². The van der Waals surface area contributed by atoms with Crippen LogP contribution in [0, 0.1) is 11.3 Å². The number of carbonyl (C=O) groups excluding carboxylic acids is 1. The van der Waals surface area contributed by atoms with Gasteiger partial charge in [-0.25, -0.2) is 4.79 Å². The molecule has 0 aliphatic carbocycles. The van der Waals surface area contributed by atoms with Crippen molar-refractivity contribution in [2.75, 3.05) is 26.2 Å². The molecule has 1 aliphatic heterocycles. The first kappa shape index (κ1) is 24.0. The third-order valence-corrected chi connectivity index (χ3v) is 6.42. The number of carbonyl (C=O) groups is 1. The van der Waals surface area contributed by atoms with Crippen molar-refractivity contribution in [3.8, 4) is 23.3 Å². The second-order valence-electron chi connectivity index (χ2n) is 8.53. The van der Waals surface area contributed by atoms with Gasteiger partial charge in [0, 0.05) is 24.6 Å². The van der Waals surface area contributed by atoms with Crippen molar-refractivity contribution in [3.63, 3.8) is 0 Å². The summed E-state index contributed by atoms with van der Waals surface area (Å²) in [5.74, 6) is 1.51. The SMILES string of the molecule is COC(=O)[C@@H]1Cc2c(ccc(OC)c2OCc2ccc(OC)cc2)CN1c1nc2ccc(C#N)cc2o1. The second kappa shape index (κ2) is 10.1. The third kappa shape index (κ3) is 4.61. The molecular weight excluding hydrogens is 474 g/mol. The highest BCUT2D eigenvalue weighted by Crippen LogP contribution is 2.40. The third-order valence-electron chi connectivity index (χ3n) is 6.42. The lowest BCUT2D eigenvalue weighted by molar-refractivity contribution is -0.142. The molecule has 0 unspecified atom stereocenters. The lowest BCUT2D eigenvalue weighted by Gasteiger charge is -2.35. The molecule has 0 spiro atoms. The summed E-state index contributed by atoms with van der Waals surface area (Å²) < 4.78 is 28.2. The molecule has 1 aromatic heterocycles. The molecule has 9 heteroatoms. The predicted molar refractivity (Wildman–Crippen MR) is 135 cm³/mol. The van der Waals surface area contributed by atoms with Crippen LogP contribution in [0.2, 0.25) is 0 Å². The summed E-state index contributed by atoms with van der Waals surface area (Å²) in [4.78, 5) is 19.3. The molecule has 4 aromatic rings. The lowest BCUT2D eigenvalue weighted by atomic mass is 9.92. The fraction of sp³-hybridized carbons (Fsp3) is 0.250. The van der Waals surface area contributed by atoms with E-state index in [0.717, 1.165) is 22.4 Å². The molecule has 0 bridgehead atoms. The van der Waals surface area contributed by atoms with Crippen molar-refractivity contribution >= 4 is 23.1 Å². The van der Waals surface area contributed by atoms with Crippen molar-refractivity contribution in [1.29, 1.82) is 5.26 Å². The fourth-order valence-electron chi connectivity index (χ4n) is 4.46. The number of rotatable bonds is 7. The standard InChI is InChI=1S/C28H25N3O6/c1-33-20-8-4-17(5-9-20)16-36-26-21-13-23(27(32)35-3)31(15-19(21)7-11-24(26)34-2)28-30-22-10-6-18(14-29)12-25(22)37-28/h4-12,23H,13,15-16H2,1-3H3/t23-/m0/s1. The summed E-state index contributed by atoms with van der Waals surface area (Å²) in [7, 11) is 4.56. The van der Waals surface area contributed by atoms with Gasteiger partial charge in [-0.3, -0.25) is 0 Å². The number of anilines is 1. The molecule has 0 amide bonds. The van der Waals surface area contributed by atoms with Crippen molar-refractivity contribution < 1.29 is 28.2 Å². The Bertz CT molecular complexity index is 1490. The van der Waals surface area contributed by atoms with Gasteiger partial charge in [-0.1, -0.05) is 18.2 Å². The topological polar surface area (TPSA) is 107 Å². The number of aromatic nitrogens is 1. The Morgan fingerprint density at radius 1 is 1.11 bits per heavy atom. The molecule has 0 radical (unpaired) electrons. The highest BCUT2D eigenvalue weighted by Gasteiger charge is 2.37. The Balaban J connectivity index is 1.50. The molecule has 0 saturated heterocycles. The van der Waals surface area contributed by atoms with Crippen LogP contribution in [0.4, 0.5) is 6.01 Å². The summed E-state index contributed by atoms with van der Waals surface area (Å²) in [5.41, 5.74) is 4.32. The first-order valence-electron chi connectivity index (χ1n) is 11.6. The molecule has 9 nitrogen and oxygen atoms in total. The molecule has 188 valence electrons. The maximum atomic E-state index is 12.9. The predicted octanol–water partition coefficient (Wildman–Crippen LogP) is 4.40. The number of esters is 1. The van der Waals surface area contributed by atoms with Crippen LogP contribution in [0.1, 0.15) is 22.3 Å². The van der Waals surface area contributed by atoms with Gasteiger partial charge in [-0.15, -0.1) is 0 Å². The smallest absolute Gasteiger partial charge is 0.329 e. The molecule has 1 aliphatic rings. The second-order valence-corrected chi connectivity index (χ2v) is 8.53. The normalized spacial score (nSPS) is 14.5. The van der Waals surface area contributed by atoms with Crippen molar-refractivity contribution in [2.45, 2.75) is 25.6 Å². The zero-order valence-corrected chi connectivity index (χ0v) is 20.7. The number of fused-ring (bicyclic) bond motifs is 2. The Kier molecular flexibility index (Phi) is 6.56. The van der Waals surface area contributed by atoms with E-state index < -0.39 is 12.0 Å². The molecule has 2 heterocycles. The van der Waals surface area contributed by atoms with Gasteiger partial charge in [0.25, 0.3) is 6.01 Å². The van der Waals surface area contributed by atoms with Crippen LogP contribution in [0.25, 0.3) is 11.1 Å². The summed E-state index contributed by atoms with van der Waals surface area (Å²) in [6.07, 6.45) is 0.305. The number of hydrogen-bond donors (Lipinski definition) is 0. The first-order valence-corrected chi connectivity index (χ1v) is 11.6. The van der Waals surface area contributed by atoms with Crippen LogP contribution in [-0.4, -0.2) is 38.3 Å². The van der Waals surface area contributed by atoms with Gasteiger partial charge in [-0.2, -0.15) is 10.2 Å². The summed E-state index contributed by atoms with van der Waals surface area (Å²) in [6.45, 7) is 0.658. The van der Waals surface area contributed by atoms with E-state index in [1.54, 1.807) is 37.3 Å². The Hall–Kier alpha value is -4.71. The molecule has 0 N–H and O–H groups in total. The number of benzene rings is 3. The van der Waals surface area contributed by atoms with Gasteiger partial charge in [0.1, 0.15) is 23.9 Å². The summed E-state index contributed by atoms with van der Waals surface area (Å²) >= 11 is 0. The van der Waals surface area contributed by atoms with Gasteiger partial charge >= 0.3 is 5.97 Å². The van der Waals surface area contributed by atoms with Crippen molar-refractivity contribution in [2.24, 2.45) is 0 Å². The van der Waals surface area contributed by atoms with Crippen molar-refractivity contribution in [1.82, 2.24) is 4.98 Å². The van der Waals surface area contributed by atoms with Crippen molar-refractivity contribution in [3.05, 3.63) is 76.9 Å². The van der Waals surface area contributed by atoms with Crippen LogP contribution in [0.5, 0.6) is 17.2 Å². The minimum atomic E-state index is -0.698. The maximum Gasteiger partial charge on any atom is 0.329 e. The molecule has 3 aromatic carbocycles. The number of nitriles is 1. The number of ether oxygens (including phenoxy) is 4. The largest absolute Gasteiger partial charge is 0.497 e. The summed E-state index contributed by atoms with van der Waals surface area (Å²) in [6, 6.07) is 18.1. The Morgan fingerprint density at radius 2 is 1.92 bits per heavy atom. The molecular formula is C28H25N3O6. The minimum absolute atomic E-state index is 0.280. The van der Waals surface area contributed by atoms with Crippen LogP contribution in [-0.2, 0) is 29.1 Å². The van der Waals surface area contributed by atoms with Crippen LogP contribution in [0.3, 0.4) is 0 Å². The van der Waals surface area contributed by atoms with Gasteiger partial charge < -0.3 is 28.3 Å². The van der Waals surface area contributed by atoms with E-state index in [0.29, 0.717) is 47.7 Å². The highest BCUT2D eigenvalue weighted by atomic mass is 16.5. The molecule has 0 saturated carbocycles. The monoisotopic (exact) mass is 499 g/mol. The Labute approximate surface area is 213 Å². The lowest BCUT2D eigenvalue weighted by Crippen LogP contribution is -2.46. The first-order chi connectivity index (χ1) is 18.0. The summed E-state index contributed by atoms with van der Waals surface area (Å²) in [5, 5.41) is 9.21.